The van der Waals surface area contributed by atoms with Crippen LogP contribution < -0.4 is 10.6 Å². The van der Waals surface area contributed by atoms with Crippen LogP contribution in [0, 0.1) is 6.92 Å². The Labute approximate surface area is 169 Å². The summed E-state index contributed by atoms with van der Waals surface area (Å²) in [4.78, 5) is 40.2. The lowest BCUT2D eigenvalue weighted by atomic mass is 10.1. The van der Waals surface area contributed by atoms with Gasteiger partial charge < -0.3 is 10.6 Å². The Morgan fingerprint density at radius 3 is 2.07 bits per heavy atom. The summed E-state index contributed by atoms with van der Waals surface area (Å²) in [6.07, 6.45) is 2.82. The third-order valence-electron chi connectivity index (χ3n) is 4.39. The molecule has 146 valence electrons. The molecule has 0 saturated heterocycles. The minimum absolute atomic E-state index is 0.0450. The number of hydrogen-bond acceptors (Lipinski definition) is 4. The van der Waals surface area contributed by atoms with Gasteiger partial charge in [-0.2, -0.15) is 0 Å². The molecule has 3 aromatic rings. The molecule has 1 aromatic heterocycles. The molecule has 2 amide bonds. The predicted octanol–water partition coefficient (Wildman–Crippen LogP) is 3.77. The molecule has 0 radical (unpaired) electrons. The van der Waals surface area contributed by atoms with Gasteiger partial charge in [-0.25, -0.2) is 0 Å². The van der Waals surface area contributed by atoms with E-state index in [4.69, 9.17) is 0 Å². The molecule has 0 aliphatic carbocycles. The van der Waals surface area contributed by atoms with Gasteiger partial charge >= 0.3 is 0 Å². The molecule has 2 aromatic carbocycles. The van der Waals surface area contributed by atoms with Crippen molar-refractivity contribution in [1.82, 2.24) is 10.3 Å². The number of carbonyl (C=O) groups is 3. The molecule has 6 heteroatoms. The highest BCUT2D eigenvalue weighted by molar-refractivity contribution is 6.06. The molecule has 29 heavy (non-hydrogen) atoms. The van der Waals surface area contributed by atoms with Gasteiger partial charge in [0.05, 0.1) is 11.1 Å². The third kappa shape index (κ3) is 5.35. The van der Waals surface area contributed by atoms with Crippen LogP contribution in [0.15, 0.2) is 67.0 Å². The van der Waals surface area contributed by atoms with E-state index in [0.29, 0.717) is 23.4 Å². The van der Waals surface area contributed by atoms with E-state index in [9.17, 15) is 14.4 Å². The highest BCUT2D eigenvalue weighted by Gasteiger charge is 2.12. The lowest BCUT2D eigenvalue weighted by Gasteiger charge is -2.08. The summed E-state index contributed by atoms with van der Waals surface area (Å²) in [6.45, 7) is 3.87. The quantitative estimate of drug-likeness (QED) is 0.630. The van der Waals surface area contributed by atoms with Crippen molar-refractivity contribution in [2.24, 2.45) is 0 Å². The number of ketones is 1. The number of aryl methyl sites for hydroxylation is 1. The van der Waals surface area contributed by atoms with Crippen molar-refractivity contribution in [2.45, 2.75) is 20.4 Å². The fourth-order valence-corrected chi connectivity index (χ4v) is 2.67. The van der Waals surface area contributed by atoms with Crippen LogP contribution in [-0.2, 0) is 6.54 Å². The van der Waals surface area contributed by atoms with E-state index in [-0.39, 0.29) is 23.2 Å². The molecule has 0 fully saturated rings. The van der Waals surface area contributed by atoms with E-state index < -0.39 is 0 Å². The van der Waals surface area contributed by atoms with Crippen molar-refractivity contribution < 1.29 is 14.4 Å². The Morgan fingerprint density at radius 1 is 0.828 bits per heavy atom. The van der Waals surface area contributed by atoms with Crippen LogP contribution in [0.5, 0.6) is 0 Å². The second-order valence-corrected chi connectivity index (χ2v) is 6.72. The van der Waals surface area contributed by atoms with Crippen molar-refractivity contribution in [3.8, 4) is 0 Å². The third-order valence-corrected chi connectivity index (χ3v) is 4.39. The van der Waals surface area contributed by atoms with Crippen LogP contribution >= 0.6 is 0 Å². The van der Waals surface area contributed by atoms with Crippen LogP contribution in [0.25, 0.3) is 0 Å². The minimum Gasteiger partial charge on any atom is -0.348 e. The Bertz CT molecular complexity index is 1040. The van der Waals surface area contributed by atoms with Gasteiger partial charge in [-0.3, -0.25) is 19.4 Å². The molecule has 1 heterocycles. The van der Waals surface area contributed by atoms with Crippen LogP contribution in [0.2, 0.25) is 0 Å². The van der Waals surface area contributed by atoms with Gasteiger partial charge in [0.1, 0.15) is 0 Å². The van der Waals surface area contributed by atoms with Gasteiger partial charge in [0.2, 0.25) is 0 Å². The molecular weight excluding hydrogens is 366 g/mol. The highest BCUT2D eigenvalue weighted by atomic mass is 16.2. The number of Topliss-reactive ketones (excluding diaryl/α,β-unsaturated/α-hetero) is 1. The molecule has 0 atom stereocenters. The lowest BCUT2D eigenvalue weighted by Crippen LogP contribution is -2.23. The van der Waals surface area contributed by atoms with Crippen LogP contribution in [0.1, 0.15) is 49.1 Å². The molecule has 0 bridgehead atoms. The van der Waals surface area contributed by atoms with Gasteiger partial charge in [-0.15, -0.1) is 0 Å². The molecule has 6 nitrogen and oxygen atoms in total. The van der Waals surface area contributed by atoms with E-state index >= 15 is 0 Å². The average molecular weight is 387 g/mol. The molecule has 0 spiro atoms. The van der Waals surface area contributed by atoms with Crippen molar-refractivity contribution in [1.29, 1.82) is 0 Å². The Kier molecular flexibility index (Phi) is 6.14. The zero-order valence-electron chi connectivity index (χ0n) is 16.2. The number of nitrogens with zero attached hydrogens (tertiary/aromatic N) is 1. The first-order valence-corrected chi connectivity index (χ1v) is 9.13. The summed E-state index contributed by atoms with van der Waals surface area (Å²) >= 11 is 0. The van der Waals surface area contributed by atoms with E-state index in [1.54, 1.807) is 24.3 Å². The first-order chi connectivity index (χ1) is 13.9. The largest absolute Gasteiger partial charge is 0.348 e. The molecule has 0 unspecified atom stereocenters. The summed E-state index contributed by atoms with van der Waals surface area (Å²) in [5.74, 6) is -0.740. The summed E-state index contributed by atoms with van der Waals surface area (Å²) in [7, 11) is 0. The Balaban J connectivity index is 1.64. The number of amides is 2. The molecule has 0 aliphatic rings. The highest BCUT2D eigenvalue weighted by Crippen LogP contribution is 2.12. The van der Waals surface area contributed by atoms with Gasteiger partial charge in [-0.1, -0.05) is 29.8 Å². The molecular formula is C23H21N3O3. The second-order valence-electron chi connectivity index (χ2n) is 6.72. The standard InChI is InChI=1S/C23H21N3O3/c1-15-3-5-17(6-4-15)12-25-22(28)19-11-20(14-24-13-19)23(29)26-21-9-7-18(8-10-21)16(2)27/h3-11,13-14H,12H2,1-2H3,(H,25,28)(H,26,29). The number of pyridine rings is 1. The second kappa shape index (κ2) is 8.93. The van der Waals surface area contributed by atoms with Crippen molar-refractivity contribution in [3.05, 3.63) is 94.8 Å². The summed E-state index contributed by atoms with van der Waals surface area (Å²) in [6, 6.07) is 16.0. The summed E-state index contributed by atoms with van der Waals surface area (Å²) in [5, 5.41) is 5.56. The van der Waals surface area contributed by atoms with Gasteiger partial charge in [-0.05, 0) is 49.7 Å². The maximum atomic E-state index is 12.5. The number of rotatable bonds is 6. The Hall–Kier alpha value is -3.80. The molecule has 0 aliphatic heterocycles. The van der Waals surface area contributed by atoms with Gasteiger partial charge in [0.15, 0.2) is 5.78 Å². The minimum atomic E-state index is -0.388. The van der Waals surface area contributed by atoms with Crippen LogP contribution in [0.3, 0.4) is 0 Å². The fourth-order valence-electron chi connectivity index (χ4n) is 2.67. The predicted molar refractivity (Wildman–Crippen MR) is 111 cm³/mol. The number of benzene rings is 2. The normalized spacial score (nSPS) is 10.3. The van der Waals surface area contributed by atoms with E-state index in [2.05, 4.69) is 15.6 Å². The van der Waals surface area contributed by atoms with Crippen molar-refractivity contribution in [2.75, 3.05) is 5.32 Å². The van der Waals surface area contributed by atoms with Crippen molar-refractivity contribution >= 4 is 23.3 Å². The molecule has 2 N–H and O–H groups in total. The first kappa shape index (κ1) is 19.9. The zero-order valence-corrected chi connectivity index (χ0v) is 16.2. The maximum Gasteiger partial charge on any atom is 0.257 e. The van der Waals surface area contributed by atoms with E-state index in [1.807, 2.05) is 31.2 Å². The number of hydrogen-bond donors (Lipinski definition) is 2. The number of anilines is 1. The summed E-state index contributed by atoms with van der Waals surface area (Å²) in [5.41, 5.74) is 3.82. The van der Waals surface area contributed by atoms with Crippen LogP contribution in [0.4, 0.5) is 5.69 Å². The topological polar surface area (TPSA) is 88.2 Å². The van der Waals surface area contributed by atoms with Gasteiger partial charge in [0.25, 0.3) is 11.8 Å². The number of carbonyl (C=O) groups excluding carboxylic acids is 3. The van der Waals surface area contributed by atoms with Crippen molar-refractivity contribution in [3.63, 3.8) is 0 Å². The van der Waals surface area contributed by atoms with E-state index in [0.717, 1.165) is 11.1 Å². The summed E-state index contributed by atoms with van der Waals surface area (Å²) < 4.78 is 0. The monoisotopic (exact) mass is 387 g/mol. The number of aromatic nitrogens is 1. The van der Waals surface area contributed by atoms with E-state index in [1.165, 1.54) is 25.4 Å². The maximum absolute atomic E-state index is 12.5. The number of nitrogens with one attached hydrogen (secondary N) is 2. The average Bonchev–Trinajstić information content (AvgIpc) is 2.73. The first-order valence-electron chi connectivity index (χ1n) is 9.13. The molecule has 3 rings (SSSR count). The Morgan fingerprint density at radius 2 is 1.45 bits per heavy atom. The molecule has 0 saturated carbocycles. The zero-order chi connectivity index (χ0) is 20.8. The van der Waals surface area contributed by atoms with Crippen LogP contribution in [-0.4, -0.2) is 22.6 Å². The van der Waals surface area contributed by atoms with Gasteiger partial charge in [0, 0.05) is 30.2 Å². The lowest BCUT2D eigenvalue weighted by molar-refractivity contribution is 0.0949. The fraction of sp³-hybridized carbons (Fsp3) is 0.130. The SMILES string of the molecule is CC(=O)c1ccc(NC(=O)c2cncc(C(=O)NCc3ccc(C)cc3)c2)cc1. The smallest absolute Gasteiger partial charge is 0.257 e.